The molecule has 0 saturated heterocycles. The molecule has 26 heavy (non-hydrogen) atoms. The van der Waals surface area contributed by atoms with Crippen molar-refractivity contribution < 1.29 is 9.72 Å². The van der Waals surface area contributed by atoms with Crippen LogP contribution in [0.3, 0.4) is 0 Å². The van der Waals surface area contributed by atoms with Crippen LogP contribution in [0.15, 0.2) is 67.0 Å². The first-order valence-corrected chi connectivity index (χ1v) is 7.89. The number of nitro benzene ring substituents is 1. The van der Waals surface area contributed by atoms with E-state index in [-0.39, 0.29) is 5.69 Å². The van der Waals surface area contributed by atoms with E-state index in [0.29, 0.717) is 11.5 Å². The predicted molar refractivity (Wildman–Crippen MR) is 96.7 cm³/mol. The number of carbonyl (C=O) groups is 1. The van der Waals surface area contributed by atoms with Crippen molar-refractivity contribution in [3.63, 3.8) is 0 Å². The zero-order chi connectivity index (χ0) is 18.5. The number of non-ortho nitro benzene ring substituents is 1. The number of rotatable bonds is 5. The maximum atomic E-state index is 12.5. The molecule has 0 spiro atoms. The van der Waals surface area contributed by atoms with Crippen LogP contribution in [0.25, 0.3) is 0 Å². The molecular weight excluding hydrogens is 334 g/mol. The minimum absolute atomic E-state index is 0.0912. The Balaban J connectivity index is 1.81. The Morgan fingerprint density at radius 1 is 1.19 bits per heavy atom. The van der Waals surface area contributed by atoms with Crippen molar-refractivity contribution in [3.8, 4) is 0 Å². The smallest absolute Gasteiger partial charge is 0.320 e. The number of hydrogen-bond acceptors (Lipinski definition) is 4. The molecular formula is C18H17N5O3. The van der Waals surface area contributed by atoms with Crippen LogP contribution in [-0.2, 0) is 7.05 Å². The Hall–Kier alpha value is -3.68. The van der Waals surface area contributed by atoms with E-state index in [2.05, 4.69) is 15.6 Å². The Morgan fingerprint density at radius 2 is 1.96 bits per heavy atom. The number of anilines is 1. The summed E-state index contributed by atoms with van der Waals surface area (Å²) in [6, 6.07) is 14.3. The molecule has 8 heteroatoms. The van der Waals surface area contributed by atoms with Crippen molar-refractivity contribution >= 4 is 17.4 Å². The summed E-state index contributed by atoms with van der Waals surface area (Å²) in [5.74, 6) is 0.672. The van der Waals surface area contributed by atoms with Crippen molar-refractivity contribution in [1.82, 2.24) is 14.9 Å². The quantitative estimate of drug-likeness (QED) is 0.544. The topological polar surface area (TPSA) is 102 Å². The highest BCUT2D eigenvalue weighted by atomic mass is 16.6. The molecule has 0 saturated carbocycles. The van der Waals surface area contributed by atoms with Crippen LogP contribution in [0.5, 0.6) is 0 Å². The normalized spacial score (nSPS) is 11.6. The highest BCUT2D eigenvalue weighted by Gasteiger charge is 2.20. The molecule has 1 heterocycles. The number of aromatic nitrogens is 2. The second kappa shape index (κ2) is 7.47. The lowest BCUT2D eigenvalue weighted by Crippen LogP contribution is -2.34. The van der Waals surface area contributed by atoms with Gasteiger partial charge in [0.1, 0.15) is 11.9 Å². The second-order valence-electron chi connectivity index (χ2n) is 5.65. The highest BCUT2D eigenvalue weighted by molar-refractivity contribution is 5.90. The van der Waals surface area contributed by atoms with Crippen LogP contribution in [0.2, 0.25) is 0 Å². The highest BCUT2D eigenvalue weighted by Crippen LogP contribution is 2.21. The van der Waals surface area contributed by atoms with Gasteiger partial charge in [0.25, 0.3) is 5.69 Å². The summed E-state index contributed by atoms with van der Waals surface area (Å²) in [6.45, 7) is 0. The van der Waals surface area contributed by atoms with Crippen molar-refractivity contribution in [2.24, 2.45) is 7.05 Å². The molecule has 1 atom stereocenters. The van der Waals surface area contributed by atoms with Crippen molar-refractivity contribution in [3.05, 3.63) is 88.5 Å². The number of imidazole rings is 1. The maximum absolute atomic E-state index is 12.5. The third-order valence-electron chi connectivity index (χ3n) is 3.84. The zero-order valence-corrected chi connectivity index (χ0v) is 14.0. The molecule has 132 valence electrons. The van der Waals surface area contributed by atoms with E-state index in [9.17, 15) is 14.9 Å². The molecule has 0 aliphatic rings. The van der Waals surface area contributed by atoms with E-state index in [1.165, 1.54) is 18.2 Å². The summed E-state index contributed by atoms with van der Waals surface area (Å²) in [4.78, 5) is 27.1. The van der Waals surface area contributed by atoms with Gasteiger partial charge in [-0.1, -0.05) is 36.4 Å². The molecule has 0 aliphatic carbocycles. The average molecular weight is 351 g/mol. The lowest BCUT2D eigenvalue weighted by atomic mass is 10.1. The van der Waals surface area contributed by atoms with E-state index >= 15 is 0 Å². The van der Waals surface area contributed by atoms with Crippen LogP contribution in [0.4, 0.5) is 16.2 Å². The minimum atomic E-state index is -0.510. The van der Waals surface area contributed by atoms with Gasteiger partial charge in [-0.15, -0.1) is 0 Å². The first kappa shape index (κ1) is 17.2. The van der Waals surface area contributed by atoms with Gasteiger partial charge in [-0.2, -0.15) is 0 Å². The lowest BCUT2D eigenvalue weighted by molar-refractivity contribution is -0.384. The van der Waals surface area contributed by atoms with E-state index in [4.69, 9.17) is 0 Å². The zero-order valence-electron chi connectivity index (χ0n) is 14.0. The van der Waals surface area contributed by atoms with Crippen molar-refractivity contribution in [1.29, 1.82) is 0 Å². The fourth-order valence-corrected chi connectivity index (χ4v) is 2.59. The Labute approximate surface area is 149 Å². The molecule has 0 aliphatic heterocycles. The molecule has 3 aromatic rings. The number of nitrogens with zero attached hydrogens (tertiary/aromatic N) is 3. The van der Waals surface area contributed by atoms with Crippen LogP contribution >= 0.6 is 0 Å². The monoisotopic (exact) mass is 351 g/mol. The van der Waals surface area contributed by atoms with Gasteiger partial charge in [0.05, 0.1) is 4.92 Å². The number of hydrogen-bond donors (Lipinski definition) is 2. The first-order chi connectivity index (χ1) is 12.5. The van der Waals surface area contributed by atoms with Gasteiger partial charge in [-0.25, -0.2) is 9.78 Å². The number of aryl methyl sites for hydroxylation is 1. The van der Waals surface area contributed by atoms with Gasteiger partial charge in [-0.05, 0) is 11.6 Å². The minimum Gasteiger partial charge on any atom is -0.336 e. The fraction of sp³-hybridized carbons (Fsp3) is 0.111. The molecule has 0 unspecified atom stereocenters. The summed E-state index contributed by atoms with van der Waals surface area (Å²) in [7, 11) is 1.85. The molecule has 1 aromatic heterocycles. The fourth-order valence-electron chi connectivity index (χ4n) is 2.59. The summed E-state index contributed by atoms with van der Waals surface area (Å²) < 4.78 is 1.82. The number of urea groups is 1. The van der Waals surface area contributed by atoms with Gasteiger partial charge < -0.3 is 15.2 Å². The number of benzene rings is 2. The van der Waals surface area contributed by atoms with Crippen LogP contribution < -0.4 is 10.6 Å². The standard InChI is InChI=1S/C18H17N5O3/c1-22-11-10-19-17(22)16(13-6-3-2-4-7-13)21-18(24)20-14-8-5-9-15(12-14)23(25)26/h2-12,16H,1H3,(H2,20,21,24)/t16-/m1/s1. The summed E-state index contributed by atoms with van der Waals surface area (Å²) in [6.07, 6.45) is 3.46. The Bertz CT molecular complexity index is 923. The number of nitro groups is 1. The van der Waals surface area contributed by atoms with Gasteiger partial charge in [0.15, 0.2) is 0 Å². The van der Waals surface area contributed by atoms with Crippen LogP contribution in [-0.4, -0.2) is 20.5 Å². The lowest BCUT2D eigenvalue weighted by Gasteiger charge is -2.19. The van der Waals surface area contributed by atoms with E-state index in [1.807, 2.05) is 41.9 Å². The molecule has 2 aromatic carbocycles. The molecule has 8 nitrogen and oxygen atoms in total. The second-order valence-corrected chi connectivity index (χ2v) is 5.65. The van der Waals surface area contributed by atoms with Crippen LogP contribution in [0.1, 0.15) is 17.4 Å². The molecule has 0 fully saturated rings. The van der Waals surface area contributed by atoms with Crippen molar-refractivity contribution in [2.75, 3.05) is 5.32 Å². The average Bonchev–Trinajstić information content (AvgIpc) is 3.06. The summed E-state index contributed by atoms with van der Waals surface area (Å²) in [5, 5.41) is 16.4. The Morgan fingerprint density at radius 3 is 2.62 bits per heavy atom. The molecule has 2 amide bonds. The first-order valence-electron chi connectivity index (χ1n) is 7.89. The van der Waals surface area contributed by atoms with E-state index in [0.717, 1.165) is 5.56 Å². The molecule has 2 N–H and O–H groups in total. The predicted octanol–water partition coefficient (Wildman–Crippen LogP) is 3.24. The van der Waals surface area contributed by atoms with Crippen LogP contribution in [0, 0.1) is 10.1 Å². The molecule has 0 bridgehead atoms. The summed E-state index contributed by atoms with van der Waals surface area (Å²) in [5.41, 5.74) is 1.12. The van der Waals surface area contributed by atoms with Gasteiger partial charge in [0.2, 0.25) is 0 Å². The third-order valence-corrected chi connectivity index (χ3v) is 3.84. The third kappa shape index (κ3) is 3.86. The van der Waals surface area contributed by atoms with Gasteiger partial charge in [0, 0.05) is 37.3 Å². The molecule has 0 radical (unpaired) electrons. The summed E-state index contributed by atoms with van der Waals surface area (Å²) >= 11 is 0. The van der Waals surface area contributed by atoms with Gasteiger partial charge >= 0.3 is 6.03 Å². The number of carbonyl (C=O) groups excluding carboxylic acids is 1. The Kier molecular flexibility index (Phi) is 4.93. The SMILES string of the molecule is Cn1ccnc1[C@H](NC(=O)Nc1cccc([N+](=O)[O-])c1)c1ccccc1. The van der Waals surface area contributed by atoms with Crippen molar-refractivity contribution in [2.45, 2.75) is 6.04 Å². The largest absolute Gasteiger partial charge is 0.336 e. The van der Waals surface area contributed by atoms with E-state index < -0.39 is 17.0 Å². The number of nitrogens with one attached hydrogen (secondary N) is 2. The van der Waals surface area contributed by atoms with Gasteiger partial charge in [-0.3, -0.25) is 10.1 Å². The molecule has 3 rings (SSSR count). The number of amides is 2. The van der Waals surface area contributed by atoms with E-state index in [1.54, 1.807) is 18.5 Å². The maximum Gasteiger partial charge on any atom is 0.320 e.